The van der Waals surface area contributed by atoms with Crippen LogP contribution in [0.2, 0.25) is 5.02 Å². The molecule has 94 valence electrons. The molecule has 2 aromatic rings. The van der Waals surface area contributed by atoms with Gasteiger partial charge in [0.05, 0.1) is 5.56 Å². The van der Waals surface area contributed by atoms with E-state index in [4.69, 9.17) is 16.3 Å². The number of ether oxygens (including phenoxy) is 1. The van der Waals surface area contributed by atoms with Crippen molar-refractivity contribution in [2.75, 3.05) is 6.61 Å². The molecule has 0 fully saturated rings. The van der Waals surface area contributed by atoms with Crippen molar-refractivity contribution in [3.8, 4) is 5.75 Å². The van der Waals surface area contributed by atoms with Crippen LogP contribution in [0.25, 0.3) is 6.08 Å². The number of benzene rings is 2. The van der Waals surface area contributed by atoms with Gasteiger partial charge in [0.2, 0.25) is 0 Å². The van der Waals surface area contributed by atoms with Gasteiger partial charge in [-0.1, -0.05) is 35.9 Å². The highest BCUT2D eigenvalue weighted by Gasteiger charge is 2.22. The van der Waals surface area contributed by atoms with Crippen molar-refractivity contribution in [1.82, 2.24) is 0 Å². The highest BCUT2D eigenvalue weighted by Crippen LogP contribution is 2.27. The Morgan fingerprint density at radius 2 is 1.79 bits per heavy atom. The van der Waals surface area contributed by atoms with Gasteiger partial charge in [-0.15, -0.1) is 0 Å². The van der Waals surface area contributed by atoms with Crippen LogP contribution in [0.4, 0.5) is 0 Å². The molecule has 0 spiro atoms. The fraction of sp³-hybridized carbons (Fsp3) is 0.0625. The van der Waals surface area contributed by atoms with Crippen molar-refractivity contribution in [3.05, 3.63) is 70.3 Å². The minimum atomic E-state index is 0.0248. The van der Waals surface area contributed by atoms with Crippen LogP contribution in [0.5, 0.6) is 5.75 Å². The van der Waals surface area contributed by atoms with Crippen LogP contribution in [-0.4, -0.2) is 12.4 Å². The number of ketones is 1. The zero-order chi connectivity index (χ0) is 13.2. The zero-order valence-corrected chi connectivity index (χ0v) is 10.9. The van der Waals surface area contributed by atoms with Crippen molar-refractivity contribution >= 4 is 23.5 Å². The Morgan fingerprint density at radius 1 is 1.05 bits per heavy atom. The molecule has 0 saturated carbocycles. The highest BCUT2D eigenvalue weighted by atomic mass is 35.5. The van der Waals surface area contributed by atoms with Gasteiger partial charge in [-0.3, -0.25) is 4.79 Å². The minimum absolute atomic E-state index is 0.0248. The molecule has 1 aliphatic rings. The maximum atomic E-state index is 12.3. The van der Waals surface area contributed by atoms with Crippen LogP contribution in [0.15, 0.2) is 54.1 Å². The molecule has 0 aliphatic carbocycles. The van der Waals surface area contributed by atoms with Crippen LogP contribution < -0.4 is 4.74 Å². The average Bonchev–Trinajstić information content (AvgIpc) is 2.45. The molecule has 2 aromatic carbocycles. The third-order valence-electron chi connectivity index (χ3n) is 3.02. The largest absolute Gasteiger partial charge is 0.488 e. The standard InChI is InChI=1S/C16H11ClO2/c17-13-7-5-11(6-8-13)9-12-10-19-15-4-2-1-3-14(15)16(12)18/h1-9H,10H2. The topological polar surface area (TPSA) is 26.3 Å². The summed E-state index contributed by atoms with van der Waals surface area (Å²) >= 11 is 5.84. The molecule has 0 bridgehead atoms. The molecule has 0 amide bonds. The SMILES string of the molecule is O=C1C(=Cc2ccc(Cl)cc2)COc2ccccc21. The van der Waals surface area contributed by atoms with Crippen molar-refractivity contribution in [2.24, 2.45) is 0 Å². The molecule has 3 rings (SSSR count). The number of Topliss-reactive ketones (excluding diaryl/α,β-unsaturated/α-hetero) is 1. The number of carbonyl (C=O) groups is 1. The summed E-state index contributed by atoms with van der Waals surface area (Å²) < 4.78 is 5.59. The molecular weight excluding hydrogens is 260 g/mol. The summed E-state index contributed by atoms with van der Waals surface area (Å²) in [6.07, 6.45) is 1.84. The predicted molar refractivity (Wildman–Crippen MR) is 75.7 cm³/mol. The second-order valence-corrected chi connectivity index (χ2v) is 4.77. The third kappa shape index (κ3) is 2.40. The number of fused-ring (bicyclic) bond motifs is 1. The lowest BCUT2D eigenvalue weighted by atomic mass is 9.98. The predicted octanol–water partition coefficient (Wildman–Crippen LogP) is 4.00. The van der Waals surface area contributed by atoms with E-state index in [1.165, 1.54) is 0 Å². The summed E-state index contributed by atoms with van der Waals surface area (Å²) in [5.74, 6) is 0.678. The first kappa shape index (κ1) is 12.0. The Balaban J connectivity index is 1.96. The molecular formula is C16H11ClO2. The minimum Gasteiger partial charge on any atom is -0.488 e. The van der Waals surface area contributed by atoms with E-state index in [1.54, 1.807) is 18.2 Å². The first-order valence-corrected chi connectivity index (χ1v) is 6.34. The summed E-state index contributed by atoms with van der Waals surface area (Å²) in [6.45, 7) is 0.304. The zero-order valence-electron chi connectivity index (χ0n) is 10.1. The Kier molecular flexibility index (Phi) is 3.10. The van der Waals surface area contributed by atoms with E-state index >= 15 is 0 Å². The summed E-state index contributed by atoms with van der Waals surface area (Å²) in [7, 11) is 0. The van der Waals surface area contributed by atoms with Crippen molar-refractivity contribution in [3.63, 3.8) is 0 Å². The Morgan fingerprint density at radius 3 is 2.58 bits per heavy atom. The summed E-state index contributed by atoms with van der Waals surface area (Å²) in [5.41, 5.74) is 2.21. The second kappa shape index (κ2) is 4.90. The van der Waals surface area contributed by atoms with E-state index in [0.29, 0.717) is 28.5 Å². The van der Waals surface area contributed by atoms with Gasteiger partial charge < -0.3 is 4.74 Å². The smallest absolute Gasteiger partial charge is 0.196 e. The number of hydrogen-bond donors (Lipinski definition) is 0. The lowest BCUT2D eigenvalue weighted by Gasteiger charge is -2.18. The maximum absolute atomic E-state index is 12.3. The van der Waals surface area contributed by atoms with Gasteiger partial charge in [0.1, 0.15) is 12.4 Å². The number of rotatable bonds is 1. The first-order valence-electron chi connectivity index (χ1n) is 5.97. The molecule has 0 saturated heterocycles. The number of carbonyl (C=O) groups excluding carboxylic acids is 1. The maximum Gasteiger partial charge on any atom is 0.196 e. The van der Waals surface area contributed by atoms with Gasteiger partial charge in [0.25, 0.3) is 0 Å². The second-order valence-electron chi connectivity index (χ2n) is 4.34. The molecule has 3 heteroatoms. The molecule has 1 heterocycles. The highest BCUT2D eigenvalue weighted by molar-refractivity contribution is 6.30. The molecule has 19 heavy (non-hydrogen) atoms. The van der Waals surface area contributed by atoms with Gasteiger partial charge in [0.15, 0.2) is 5.78 Å². The van der Waals surface area contributed by atoms with Crippen molar-refractivity contribution in [1.29, 1.82) is 0 Å². The molecule has 0 aromatic heterocycles. The molecule has 1 aliphatic heterocycles. The number of hydrogen-bond acceptors (Lipinski definition) is 2. The lowest BCUT2D eigenvalue weighted by molar-refractivity contribution is 0.100. The van der Waals surface area contributed by atoms with Gasteiger partial charge in [-0.2, -0.15) is 0 Å². The van der Waals surface area contributed by atoms with Gasteiger partial charge in [-0.05, 0) is 35.9 Å². The van der Waals surface area contributed by atoms with Gasteiger partial charge in [0, 0.05) is 10.6 Å². The van der Waals surface area contributed by atoms with Crippen molar-refractivity contribution in [2.45, 2.75) is 0 Å². The fourth-order valence-electron chi connectivity index (χ4n) is 2.04. The molecule has 0 N–H and O–H groups in total. The summed E-state index contributed by atoms with van der Waals surface area (Å²) in [5, 5.41) is 0.679. The Bertz CT molecular complexity index is 657. The van der Waals surface area contributed by atoms with E-state index in [2.05, 4.69) is 0 Å². The monoisotopic (exact) mass is 270 g/mol. The van der Waals surface area contributed by atoms with E-state index in [0.717, 1.165) is 5.56 Å². The average molecular weight is 271 g/mol. The van der Waals surface area contributed by atoms with Gasteiger partial charge >= 0.3 is 0 Å². The van der Waals surface area contributed by atoms with Crippen LogP contribution in [0.3, 0.4) is 0 Å². The molecule has 2 nitrogen and oxygen atoms in total. The molecule has 0 radical (unpaired) electrons. The van der Waals surface area contributed by atoms with Crippen LogP contribution in [-0.2, 0) is 0 Å². The van der Waals surface area contributed by atoms with E-state index in [1.807, 2.05) is 36.4 Å². The summed E-state index contributed by atoms with van der Waals surface area (Å²) in [4.78, 5) is 12.3. The van der Waals surface area contributed by atoms with E-state index in [9.17, 15) is 4.79 Å². The third-order valence-corrected chi connectivity index (χ3v) is 3.27. The van der Waals surface area contributed by atoms with Gasteiger partial charge in [-0.25, -0.2) is 0 Å². The van der Waals surface area contributed by atoms with E-state index in [-0.39, 0.29) is 5.78 Å². The Labute approximate surface area is 116 Å². The quantitative estimate of drug-likeness (QED) is 0.732. The van der Waals surface area contributed by atoms with Crippen LogP contribution >= 0.6 is 11.6 Å². The Hall–Kier alpha value is -2.06. The van der Waals surface area contributed by atoms with Crippen LogP contribution in [0, 0.1) is 0 Å². The normalized spacial score (nSPS) is 16.1. The first-order chi connectivity index (χ1) is 9.24. The summed E-state index contributed by atoms with van der Waals surface area (Å²) in [6, 6.07) is 14.7. The van der Waals surface area contributed by atoms with Crippen molar-refractivity contribution < 1.29 is 9.53 Å². The fourth-order valence-corrected chi connectivity index (χ4v) is 2.17. The van der Waals surface area contributed by atoms with E-state index < -0.39 is 0 Å². The molecule has 0 atom stereocenters. The number of halogens is 1. The molecule has 0 unspecified atom stereocenters. The number of para-hydroxylation sites is 1. The lowest BCUT2D eigenvalue weighted by Crippen LogP contribution is -2.18. The van der Waals surface area contributed by atoms with Crippen LogP contribution in [0.1, 0.15) is 15.9 Å².